The molecule has 1 fully saturated rings. The molecule has 0 unspecified atom stereocenters. The van der Waals surface area contributed by atoms with Crippen molar-refractivity contribution in [3.63, 3.8) is 0 Å². The van der Waals surface area contributed by atoms with E-state index in [1.165, 1.54) is 24.3 Å². The Labute approximate surface area is 170 Å². The maximum atomic E-state index is 13.5. The monoisotopic (exact) mass is 418 g/mol. The first-order valence-corrected chi connectivity index (χ1v) is 9.47. The maximum absolute atomic E-state index is 13.5. The number of amides is 1. The third kappa shape index (κ3) is 4.05. The van der Waals surface area contributed by atoms with E-state index in [0.717, 1.165) is 0 Å². The van der Waals surface area contributed by atoms with E-state index >= 15 is 0 Å². The third-order valence-corrected chi connectivity index (χ3v) is 4.99. The minimum Gasteiger partial charge on any atom is -0.354 e. The molecule has 5 nitrogen and oxygen atoms in total. The van der Waals surface area contributed by atoms with Gasteiger partial charge in [0.25, 0.3) is 5.91 Å². The molecule has 0 spiro atoms. The van der Waals surface area contributed by atoms with Crippen molar-refractivity contribution in [2.75, 3.05) is 31.1 Å². The fourth-order valence-corrected chi connectivity index (χ4v) is 3.56. The molecule has 4 rings (SSSR count). The SMILES string of the molecule is O=C(c1cccc(F)c1)N1CCCN(c2nc(C(F)(F)F)nc3ccccc23)CC1. The molecular weight excluding hydrogens is 400 g/mol. The van der Waals surface area contributed by atoms with Crippen LogP contribution < -0.4 is 4.90 Å². The summed E-state index contributed by atoms with van der Waals surface area (Å²) in [6, 6.07) is 12.0. The van der Waals surface area contributed by atoms with Crippen LogP contribution in [0.3, 0.4) is 0 Å². The number of benzene rings is 2. The standard InChI is InChI=1S/C21H18F4N4O/c22-15-6-3-5-14(13-15)19(30)29-10-4-9-28(11-12-29)18-16-7-1-2-8-17(16)26-20(27-18)21(23,24)25/h1-3,5-8,13H,4,9-12H2. The number of hydrogen-bond donors (Lipinski definition) is 0. The molecule has 1 aliphatic heterocycles. The lowest BCUT2D eigenvalue weighted by Gasteiger charge is -2.24. The fraction of sp³-hybridized carbons (Fsp3) is 0.286. The highest BCUT2D eigenvalue weighted by molar-refractivity contribution is 5.94. The predicted octanol–water partition coefficient (Wildman–Crippen LogP) is 4.14. The Morgan fingerprint density at radius 2 is 1.73 bits per heavy atom. The number of hydrogen-bond acceptors (Lipinski definition) is 4. The van der Waals surface area contributed by atoms with Gasteiger partial charge in [0.05, 0.1) is 5.52 Å². The summed E-state index contributed by atoms with van der Waals surface area (Å²) in [6.07, 6.45) is -4.12. The van der Waals surface area contributed by atoms with E-state index in [1.54, 1.807) is 34.1 Å². The van der Waals surface area contributed by atoms with E-state index < -0.39 is 17.8 Å². The van der Waals surface area contributed by atoms with Gasteiger partial charge in [0.1, 0.15) is 11.6 Å². The molecule has 0 bridgehead atoms. The highest BCUT2D eigenvalue weighted by Crippen LogP contribution is 2.32. The average Bonchev–Trinajstić information content (AvgIpc) is 2.98. The number of aromatic nitrogens is 2. The van der Waals surface area contributed by atoms with Gasteiger partial charge < -0.3 is 9.80 Å². The van der Waals surface area contributed by atoms with Crippen molar-refractivity contribution < 1.29 is 22.4 Å². The lowest BCUT2D eigenvalue weighted by atomic mass is 10.2. The van der Waals surface area contributed by atoms with Gasteiger partial charge in [-0.25, -0.2) is 14.4 Å². The second kappa shape index (κ2) is 7.89. The maximum Gasteiger partial charge on any atom is 0.451 e. The van der Waals surface area contributed by atoms with Gasteiger partial charge in [-0.3, -0.25) is 4.79 Å². The molecule has 2 aromatic carbocycles. The number of fused-ring (bicyclic) bond motifs is 1. The normalized spacial score (nSPS) is 15.3. The summed E-state index contributed by atoms with van der Waals surface area (Å²) in [4.78, 5) is 23.5. The highest BCUT2D eigenvalue weighted by atomic mass is 19.4. The molecule has 0 aliphatic carbocycles. The number of carbonyl (C=O) groups is 1. The average molecular weight is 418 g/mol. The Morgan fingerprint density at radius 3 is 2.50 bits per heavy atom. The van der Waals surface area contributed by atoms with Crippen LogP contribution in [0.4, 0.5) is 23.4 Å². The number of rotatable bonds is 2. The number of para-hydroxylation sites is 1. The second-order valence-electron chi connectivity index (χ2n) is 7.03. The number of alkyl halides is 3. The van der Waals surface area contributed by atoms with Crippen LogP contribution in [0.2, 0.25) is 0 Å². The first kappa shape index (κ1) is 20.1. The van der Waals surface area contributed by atoms with Crippen molar-refractivity contribution in [3.8, 4) is 0 Å². The van der Waals surface area contributed by atoms with E-state index in [0.29, 0.717) is 31.4 Å². The van der Waals surface area contributed by atoms with E-state index in [1.807, 2.05) is 0 Å². The molecule has 0 saturated carbocycles. The summed E-state index contributed by atoms with van der Waals surface area (Å²) in [6.45, 7) is 1.45. The molecule has 0 atom stereocenters. The van der Waals surface area contributed by atoms with Crippen molar-refractivity contribution >= 4 is 22.6 Å². The van der Waals surface area contributed by atoms with Crippen molar-refractivity contribution in [2.45, 2.75) is 12.6 Å². The Bertz CT molecular complexity index is 1090. The number of carbonyl (C=O) groups excluding carboxylic acids is 1. The second-order valence-corrected chi connectivity index (χ2v) is 7.03. The van der Waals surface area contributed by atoms with Crippen LogP contribution in [-0.4, -0.2) is 47.0 Å². The summed E-state index contributed by atoms with van der Waals surface area (Å²) < 4.78 is 53.4. The molecule has 0 radical (unpaired) electrons. The van der Waals surface area contributed by atoms with Crippen molar-refractivity contribution in [1.29, 1.82) is 0 Å². The fourth-order valence-electron chi connectivity index (χ4n) is 3.56. The third-order valence-electron chi connectivity index (χ3n) is 4.99. The van der Waals surface area contributed by atoms with Crippen LogP contribution in [-0.2, 0) is 6.18 Å². The summed E-state index contributed by atoms with van der Waals surface area (Å²) in [5, 5.41) is 0.524. The van der Waals surface area contributed by atoms with Gasteiger partial charge in [-0.05, 0) is 36.8 Å². The Balaban J connectivity index is 1.62. The molecule has 156 valence electrons. The van der Waals surface area contributed by atoms with Gasteiger partial charge in [-0.1, -0.05) is 18.2 Å². The predicted molar refractivity (Wildman–Crippen MR) is 104 cm³/mol. The van der Waals surface area contributed by atoms with Crippen molar-refractivity contribution in [3.05, 3.63) is 65.7 Å². The molecule has 0 N–H and O–H groups in total. The molecule has 3 aromatic rings. The minimum absolute atomic E-state index is 0.202. The summed E-state index contributed by atoms with van der Waals surface area (Å²) in [5.41, 5.74) is 0.460. The first-order valence-electron chi connectivity index (χ1n) is 9.47. The van der Waals surface area contributed by atoms with E-state index in [9.17, 15) is 22.4 Å². The number of nitrogens with zero attached hydrogens (tertiary/aromatic N) is 4. The van der Waals surface area contributed by atoms with Gasteiger partial charge in [0.15, 0.2) is 0 Å². The van der Waals surface area contributed by atoms with E-state index in [-0.39, 0.29) is 29.3 Å². The van der Waals surface area contributed by atoms with E-state index in [2.05, 4.69) is 9.97 Å². The molecule has 2 heterocycles. The van der Waals surface area contributed by atoms with Crippen LogP contribution in [0.25, 0.3) is 10.9 Å². The molecular formula is C21H18F4N4O. The topological polar surface area (TPSA) is 49.3 Å². The molecule has 1 aromatic heterocycles. The van der Waals surface area contributed by atoms with Crippen LogP contribution in [0, 0.1) is 5.82 Å². The Kier molecular flexibility index (Phi) is 5.27. The van der Waals surface area contributed by atoms with Gasteiger partial charge >= 0.3 is 6.18 Å². The van der Waals surface area contributed by atoms with Gasteiger partial charge in [-0.15, -0.1) is 0 Å². The Morgan fingerprint density at radius 1 is 0.933 bits per heavy atom. The number of halogens is 4. The quantitative estimate of drug-likeness (QED) is 0.587. The van der Waals surface area contributed by atoms with Gasteiger partial charge in [0, 0.05) is 37.1 Å². The largest absolute Gasteiger partial charge is 0.451 e. The molecule has 1 saturated heterocycles. The molecule has 1 aliphatic rings. The molecule has 9 heteroatoms. The first-order chi connectivity index (χ1) is 14.3. The zero-order valence-electron chi connectivity index (χ0n) is 15.9. The van der Waals surface area contributed by atoms with Gasteiger partial charge in [0.2, 0.25) is 5.82 Å². The van der Waals surface area contributed by atoms with Crippen molar-refractivity contribution in [2.24, 2.45) is 0 Å². The van der Waals surface area contributed by atoms with Crippen LogP contribution in [0.15, 0.2) is 48.5 Å². The highest BCUT2D eigenvalue weighted by Gasteiger charge is 2.36. The van der Waals surface area contributed by atoms with Crippen LogP contribution in [0.5, 0.6) is 0 Å². The van der Waals surface area contributed by atoms with Crippen LogP contribution in [0.1, 0.15) is 22.6 Å². The summed E-state index contributed by atoms with van der Waals surface area (Å²) in [5.74, 6) is -1.79. The lowest BCUT2D eigenvalue weighted by Crippen LogP contribution is -2.35. The zero-order valence-corrected chi connectivity index (χ0v) is 15.9. The van der Waals surface area contributed by atoms with Crippen molar-refractivity contribution in [1.82, 2.24) is 14.9 Å². The lowest BCUT2D eigenvalue weighted by molar-refractivity contribution is -0.144. The molecule has 30 heavy (non-hydrogen) atoms. The molecule has 1 amide bonds. The summed E-state index contributed by atoms with van der Waals surface area (Å²) in [7, 11) is 0. The van der Waals surface area contributed by atoms with Gasteiger partial charge in [-0.2, -0.15) is 13.2 Å². The number of anilines is 1. The smallest absolute Gasteiger partial charge is 0.354 e. The van der Waals surface area contributed by atoms with E-state index in [4.69, 9.17) is 0 Å². The minimum atomic E-state index is -4.66. The van der Waals surface area contributed by atoms with Crippen LogP contribution >= 0.6 is 0 Å². The Hall–Kier alpha value is -3.23. The summed E-state index contributed by atoms with van der Waals surface area (Å²) >= 11 is 0. The zero-order chi connectivity index (χ0) is 21.3.